The number of aromatic amines is 1. The molecule has 12 heavy (non-hydrogen) atoms. The van der Waals surface area contributed by atoms with Crippen molar-refractivity contribution in [2.24, 2.45) is 5.11 Å². The van der Waals surface area contributed by atoms with Crippen molar-refractivity contribution in [3.05, 3.63) is 16.7 Å². The normalized spacial score (nSPS) is 10.6. The van der Waals surface area contributed by atoms with Gasteiger partial charge in [0, 0.05) is 0 Å². The Bertz CT molecular complexity index is 326. The second-order valence-electron chi connectivity index (χ2n) is 2.16. The van der Waals surface area contributed by atoms with Crippen LogP contribution >= 0.6 is 0 Å². The molecule has 1 aromatic rings. The van der Waals surface area contributed by atoms with E-state index in [2.05, 4.69) is 10.1 Å². The quantitative estimate of drug-likeness (QED) is 0.351. The minimum absolute atomic E-state index is 0.0631. The average Bonchev–Trinajstić information content (AvgIpc) is 2.32. The Morgan fingerprint density at radius 2 is 2.42 bits per heavy atom. The first-order chi connectivity index (χ1) is 5.65. The van der Waals surface area contributed by atoms with Crippen LogP contribution in [0, 0.1) is 5.53 Å². The van der Waals surface area contributed by atoms with Crippen LogP contribution in [0.3, 0.4) is 0 Å². The van der Waals surface area contributed by atoms with Crippen LogP contribution in [0.1, 0.15) is 0 Å². The van der Waals surface area contributed by atoms with Gasteiger partial charge in [0.25, 0.3) is 0 Å². The monoisotopic (exact) mass is 172 g/mol. The standard InChI is InChI=1S/C5H8N4O3/c6-8-3-1-7-5(12)9(3)2-4(10)11/h1,4,6,10-11H,2H2,(H,7,12). The van der Waals surface area contributed by atoms with Crippen molar-refractivity contribution in [2.75, 3.05) is 0 Å². The van der Waals surface area contributed by atoms with Gasteiger partial charge in [-0.3, -0.25) is 4.57 Å². The minimum Gasteiger partial charge on any atom is -0.367 e. The molecule has 0 saturated heterocycles. The van der Waals surface area contributed by atoms with E-state index in [1.165, 1.54) is 6.20 Å². The van der Waals surface area contributed by atoms with E-state index in [4.69, 9.17) is 15.7 Å². The highest BCUT2D eigenvalue weighted by molar-refractivity contribution is 5.22. The number of hydrogen-bond donors (Lipinski definition) is 4. The topological polar surface area (TPSA) is 114 Å². The van der Waals surface area contributed by atoms with Crippen LogP contribution in [0.2, 0.25) is 0 Å². The van der Waals surface area contributed by atoms with Crippen molar-refractivity contribution < 1.29 is 10.2 Å². The number of aromatic nitrogens is 2. The molecule has 0 spiro atoms. The zero-order chi connectivity index (χ0) is 9.14. The van der Waals surface area contributed by atoms with Gasteiger partial charge in [-0.05, 0) is 0 Å². The molecule has 0 amide bonds. The number of rotatable bonds is 3. The Labute approximate surface area is 66.8 Å². The maximum absolute atomic E-state index is 10.9. The number of imidazole rings is 1. The highest BCUT2D eigenvalue weighted by atomic mass is 16.5. The number of aliphatic hydroxyl groups excluding tert-OH is 1. The predicted octanol–water partition coefficient (Wildman–Crippen LogP) is -0.850. The van der Waals surface area contributed by atoms with Crippen LogP contribution < -0.4 is 5.69 Å². The maximum Gasteiger partial charge on any atom is 0.327 e. The van der Waals surface area contributed by atoms with E-state index in [-0.39, 0.29) is 12.4 Å². The largest absolute Gasteiger partial charge is 0.367 e. The van der Waals surface area contributed by atoms with Crippen molar-refractivity contribution in [2.45, 2.75) is 12.8 Å². The van der Waals surface area contributed by atoms with Crippen molar-refractivity contribution in [1.82, 2.24) is 9.55 Å². The molecule has 0 bridgehead atoms. The van der Waals surface area contributed by atoms with E-state index in [1.807, 2.05) is 0 Å². The summed E-state index contributed by atoms with van der Waals surface area (Å²) in [4.78, 5) is 13.1. The Morgan fingerprint density at radius 1 is 1.75 bits per heavy atom. The molecule has 0 aromatic carbocycles. The Hall–Kier alpha value is -1.47. The molecule has 1 heterocycles. The molecule has 1 aromatic heterocycles. The van der Waals surface area contributed by atoms with E-state index < -0.39 is 12.0 Å². The molecule has 4 N–H and O–H groups in total. The van der Waals surface area contributed by atoms with Gasteiger partial charge in [-0.15, -0.1) is 5.11 Å². The fourth-order valence-corrected chi connectivity index (χ4v) is 0.819. The molecule has 0 atom stereocenters. The maximum atomic E-state index is 10.9. The lowest BCUT2D eigenvalue weighted by Crippen LogP contribution is -2.24. The SMILES string of the molecule is N=Nc1c[nH]c(=O)n1CC(O)O. The second-order valence-corrected chi connectivity index (χ2v) is 2.16. The third-order valence-electron chi connectivity index (χ3n) is 1.31. The lowest BCUT2D eigenvalue weighted by atomic mass is 10.6. The number of hydrogen-bond acceptors (Lipinski definition) is 5. The van der Waals surface area contributed by atoms with Crippen LogP contribution in [0.5, 0.6) is 0 Å². The molecule has 66 valence electrons. The van der Waals surface area contributed by atoms with Gasteiger partial charge in [0.2, 0.25) is 0 Å². The first kappa shape index (κ1) is 8.62. The van der Waals surface area contributed by atoms with E-state index in [1.54, 1.807) is 0 Å². The molecule has 1 rings (SSSR count). The minimum atomic E-state index is -1.63. The molecule has 7 heteroatoms. The predicted molar refractivity (Wildman–Crippen MR) is 38.1 cm³/mol. The third-order valence-corrected chi connectivity index (χ3v) is 1.31. The van der Waals surface area contributed by atoms with E-state index in [9.17, 15) is 4.79 Å². The van der Waals surface area contributed by atoms with Crippen molar-refractivity contribution in [3.63, 3.8) is 0 Å². The van der Waals surface area contributed by atoms with Gasteiger partial charge in [-0.2, -0.15) is 0 Å². The van der Waals surface area contributed by atoms with Crippen LogP contribution in [0.4, 0.5) is 5.82 Å². The van der Waals surface area contributed by atoms with E-state index >= 15 is 0 Å². The number of H-pyrrole nitrogens is 1. The average molecular weight is 172 g/mol. The number of nitrogens with zero attached hydrogens (tertiary/aromatic N) is 2. The van der Waals surface area contributed by atoms with E-state index in [0.29, 0.717) is 0 Å². The van der Waals surface area contributed by atoms with Crippen LogP contribution in [0.25, 0.3) is 0 Å². The summed E-state index contributed by atoms with van der Waals surface area (Å²) < 4.78 is 0.956. The number of nitrogens with one attached hydrogen (secondary N) is 2. The van der Waals surface area contributed by atoms with Gasteiger partial charge in [0.05, 0.1) is 12.7 Å². The second kappa shape index (κ2) is 3.28. The van der Waals surface area contributed by atoms with Gasteiger partial charge < -0.3 is 15.2 Å². The number of aliphatic hydroxyl groups is 2. The Balaban J connectivity index is 3.02. The molecule has 0 saturated carbocycles. The van der Waals surface area contributed by atoms with E-state index in [0.717, 1.165) is 4.57 Å². The summed E-state index contributed by atoms with van der Waals surface area (Å²) in [6.07, 6.45) is -0.406. The van der Waals surface area contributed by atoms with Gasteiger partial charge in [0.1, 0.15) is 0 Å². The molecule has 0 aliphatic rings. The lowest BCUT2D eigenvalue weighted by Gasteiger charge is -2.03. The van der Waals surface area contributed by atoms with Gasteiger partial charge in [-0.25, -0.2) is 10.3 Å². The third kappa shape index (κ3) is 1.57. The van der Waals surface area contributed by atoms with Crippen molar-refractivity contribution in [1.29, 1.82) is 5.53 Å². The summed E-state index contributed by atoms with van der Waals surface area (Å²) in [5.41, 5.74) is 6.10. The zero-order valence-electron chi connectivity index (χ0n) is 6.06. The van der Waals surface area contributed by atoms with Crippen LogP contribution in [-0.4, -0.2) is 26.1 Å². The summed E-state index contributed by atoms with van der Waals surface area (Å²) >= 11 is 0. The molecular formula is C5H8N4O3. The summed E-state index contributed by atoms with van der Waals surface area (Å²) in [6.45, 7) is -0.292. The van der Waals surface area contributed by atoms with Crippen molar-refractivity contribution in [3.8, 4) is 0 Å². The molecular weight excluding hydrogens is 164 g/mol. The Morgan fingerprint density at radius 3 is 2.92 bits per heavy atom. The molecule has 0 fully saturated rings. The summed E-state index contributed by atoms with van der Waals surface area (Å²) in [6, 6.07) is 0. The smallest absolute Gasteiger partial charge is 0.327 e. The molecule has 0 radical (unpaired) electrons. The van der Waals surface area contributed by atoms with Gasteiger partial charge >= 0.3 is 5.69 Å². The van der Waals surface area contributed by atoms with Crippen LogP contribution in [-0.2, 0) is 6.54 Å². The highest BCUT2D eigenvalue weighted by Crippen LogP contribution is 2.06. The lowest BCUT2D eigenvalue weighted by molar-refractivity contribution is -0.0515. The Kier molecular flexibility index (Phi) is 2.36. The first-order valence-electron chi connectivity index (χ1n) is 3.17. The fourth-order valence-electron chi connectivity index (χ4n) is 0.819. The summed E-state index contributed by atoms with van der Waals surface area (Å²) in [7, 11) is 0. The highest BCUT2D eigenvalue weighted by Gasteiger charge is 2.07. The summed E-state index contributed by atoms with van der Waals surface area (Å²) in [5.74, 6) is 0.0631. The molecule has 0 aliphatic carbocycles. The zero-order valence-corrected chi connectivity index (χ0v) is 6.06. The van der Waals surface area contributed by atoms with Gasteiger partial charge in [-0.1, -0.05) is 0 Å². The van der Waals surface area contributed by atoms with Crippen molar-refractivity contribution >= 4 is 5.82 Å². The fraction of sp³-hybridized carbons (Fsp3) is 0.400. The van der Waals surface area contributed by atoms with Crippen LogP contribution in [0.15, 0.2) is 16.1 Å². The molecule has 0 aliphatic heterocycles. The molecule has 0 unspecified atom stereocenters. The molecule has 7 nitrogen and oxygen atoms in total. The first-order valence-corrected chi connectivity index (χ1v) is 3.17. The summed E-state index contributed by atoms with van der Waals surface area (Å²) in [5, 5.41) is 20.1. The van der Waals surface area contributed by atoms with Gasteiger partial charge in [0.15, 0.2) is 12.1 Å².